The summed E-state index contributed by atoms with van der Waals surface area (Å²) < 4.78 is 12.1. The van der Waals surface area contributed by atoms with Crippen molar-refractivity contribution in [1.29, 1.82) is 0 Å². The number of hydrogen-bond acceptors (Lipinski definition) is 6. The van der Waals surface area contributed by atoms with Crippen molar-refractivity contribution in [3.05, 3.63) is 41.4 Å². The van der Waals surface area contributed by atoms with E-state index < -0.39 is 0 Å². The number of ether oxygens (including phenoxy) is 1. The lowest BCUT2D eigenvalue weighted by molar-refractivity contribution is 0.109. The number of nitrogens with zero attached hydrogens (tertiary/aromatic N) is 4. The molecule has 3 aromatic rings. The summed E-state index contributed by atoms with van der Waals surface area (Å²) in [6.07, 6.45) is 1.64. The van der Waals surface area contributed by atoms with E-state index in [9.17, 15) is 0 Å². The molecule has 2 N–H and O–H groups in total. The summed E-state index contributed by atoms with van der Waals surface area (Å²) in [7, 11) is 0. The second kappa shape index (κ2) is 6.21. The monoisotopic (exact) mass is 313 g/mol. The highest BCUT2D eigenvalue weighted by molar-refractivity contribution is 5.69. The Balaban J connectivity index is 1.94. The van der Waals surface area contributed by atoms with Crippen molar-refractivity contribution in [2.45, 2.75) is 27.4 Å². The van der Waals surface area contributed by atoms with Crippen LogP contribution in [0.4, 0.5) is 5.82 Å². The molecule has 2 aromatic heterocycles. The average Bonchev–Trinajstić information content (AvgIpc) is 3.12. The first-order chi connectivity index (χ1) is 11.1. The molecule has 2 heterocycles. The first kappa shape index (κ1) is 15.2. The molecule has 0 saturated heterocycles. The van der Waals surface area contributed by atoms with Crippen molar-refractivity contribution < 1.29 is 9.26 Å². The van der Waals surface area contributed by atoms with E-state index in [1.165, 1.54) is 5.56 Å². The van der Waals surface area contributed by atoms with Gasteiger partial charge in [-0.05, 0) is 32.4 Å². The van der Waals surface area contributed by atoms with Crippen LogP contribution in [0.3, 0.4) is 0 Å². The normalized spacial score (nSPS) is 11.1. The number of aromatic nitrogens is 4. The molecule has 0 spiro atoms. The molecule has 120 valence electrons. The number of hydrogen-bond donors (Lipinski definition) is 1. The third-order valence-electron chi connectivity index (χ3n) is 3.53. The fourth-order valence-electron chi connectivity index (χ4n) is 2.38. The van der Waals surface area contributed by atoms with Crippen LogP contribution in [0.2, 0.25) is 0 Å². The standard InChI is InChI=1S/C16H19N5O2/c1-4-22-9-14-19-16(20-23-14)12-8-18-21(15(12)17)13-6-5-10(2)7-11(13)3/h5-8H,4,9,17H2,1-3H3. The minimum absolute atomic E-state index is 0.286. The van der Waals surface area contributed by atoms with E-state index in [4.69, 9.17) is 15.0 Å². The van der Waals surface area contributed by atoms with Crippen LogP contribution in [0.25, 0.3) is 17.1 Å². The van der Waals surface area contributed by atoms with E-state index in [1.54, 1.807) is 10.9 Å². The Morgan fingerprint density at radius 1 is 1.30 bits per heavy atom. The van der Waals surface area contributed by atoms with Crippen molar-refractivity contribution in [3.8, 4) is 17.1 Å². The van der Waals surface area contributed by atoms with Crippen molar-refractivity contribution in [2.24, 2.45) is 0 Å². The highest BCUT2D eigenvalue weighted by Gasteiger charge is 2.17. The van der Waals surface area contributed by atoms with Crippen molar-refractivity contribution >= 4 is 5.82 Å². The minimum Gasteiger partial charge on any atom is -0.383 e. The smallest absolute Gasteiger partial charge is 0.252 e. The molecular formula is C16H19N5O2. The summed E-state index contributed by atoms with van der Waals surface area (Å²) in [5.74, 6) is 1.30. The molecule has 7 heteroatoms. The van der Waals surface area contributed by atoms with Gasteiger partial charge < -0.3 is 15.0 Å². The second-order valence-electron chi connectivity index (χ2n) is 5.29. The van der Waals surface area contributed by atoms with Gasteiger partial charge in [0.25, 0.3) is 5.89 Å². The Morgan fingerprint density at radius 2 is 2.13 bits per heavy atom. The summed E-state index contributed by atoms with van der Waals surface area (Å²) in [4.78, 5) is 4.29. The van der Waals surface area contributed by atoms with E-state index in [0.29, 0.717) is 29.7 Å². The van der Waals surface area contributed by atoms with Gasteiger partial charge in [-0.2, -0.15) is 10.1 Å². The van der Waals surface area contributed by atoms with E-state index in [2.05, 4.69) is 21.3 Å². The van der Waals surface area contributed by atoms with Gasteiger partial charge in [0.15, 0.2) is 0 Å². The Morgan fingerprint density at radius 3 is 2.87 bits per heavy atom. The molecule has 0 amide bonds. The van der Waals surface area contributed by atoms with Crippen molar-refractivity contribution in [3.63, 3.8) is 0 Å². The molecule has 0 aliphatic heterocycles. The number of benzene rings is 1. The van der Waals surface area contributed by atoms with E-state index >= 15 is 0 Å². The number of aryl methyl sites for hydroxylation is 2. The van der Waals surface area contributed by atoms with Gasteiger partial charge in [0.05, 0.1) is 17.4 Å². The van der Waals surface area contributed by atoms with Crippen LogP contribution < -0.4 is 5.73 Å². The number of nitrogen functional groups attached to an aromatic ring is 1. The minimum atomic E-state index is 0.286. The van der Waals surface area contributed by atoms with Gasteiger partial charge in [-0.15, -0.1) is 0 Å². The zero-order chi connectivity index (χ0) is 16.4. The van der Waals surface area contributed by atoms with Crippen LogP contribution in [-0.2, 0) is 11.3 Å². The lowest BCUT2D eigenvalue weighted by Crippen LogP contribution is -2.04. The molecule has 0 radical (unpaired) electrons. The summed E-state index contributed by atoms with van der Waals surface area (Å²) in [5.41, 5.74) is 10.1. The molecule has 0 saturated carbocycles. The molecule has 1 aromatic carbocycles. The number of anilines is 1. The average molecular weight is 313 g/mol. The van der Waals surface area contributed by atoms with Gasteiger partial charge in [0.2, 0.25) is 5.82 Å². The highest BCUT2D eigenvalue weighted by Crippen LogP contribution is 2.27. The fraction of sp³-hybridized carbons (Fsp3) is 0.312. The van der Waals surface area contributed by atoms with Gasteiger partial charge in [-0.3, -0.25) is 0 Å². The maximum absolute atomic E-state index is 6.23. The molecule has 0 fully saturated rings. The summed E-state index contributed by atoms with van der Waals surface area (Å²) in [6.45, 7) is 6.86. The first-order valence-corrected chi connectivity index (χ1v) is 7.42. The largest absolute Gasteiger partial charge is 0.383 e. The van der Waals surface area contributed by atoms with E-state index in [-0.39, 0.29) is 6.61 Å². The molecular weight excluding hydrogens is 294 g/mol. The second-order valence-corrected chi connectivity index (χ2v) is 5.29. The summed E-state index contributed by atoms with van der Waals surface area (Å²) in [6, 6.07) is 6.11. The Labute approximate surface area is 134 Å². The van der Waals surface area contributed by atoms with Crippen LogP contribution in [0.1, 0.15) is 23.9 Å². The van der Waals surface area contributed by atoms with Crippen LogP contribution >= 0.6 is 0 Å². The Kier molecular flexibility index (Phi) is 4.12. The molecule has 7 nitrogen and oxygen atoms in total. The highest BCUT2D eigenvalue weighted by atomic mass is 16.5. The molecule has 0 aliphatic carbocycles. The van der Waals surface area contributed by atoms with E-state index in [0.717, 1.165) is 11.3 Å². The van der Waals surface area contributed by atoms with Crippen LogP contribution in [0.15, 0.2) is 28.9 Å². The third kappa shape index (κ3) is 2.95. The predicted molar refractivity (Wildman–Crippen MR) is 86.1 cm³/mol. The van der Waals surface area contributed by atoms with Gasteiger partial charge in [0.1, 0.15) is 12.4 Å². The summed E-state index contributed by atoms with van der Waals surface area (Å²) >= 11 is 0. The lowest BCUT2D eigenvalue weighted by Gasteiger charge is -2.08. The topological polar surface area (TPSA) is 92.0 Å². The number of rotatable bonds is 5. The van der Waals surface area contributed by atoms with Crippen molar-refractivity contribution in [2.75, 3.05) is 12.3 Å². The maximum atomic E-state index is 6.23. The van der Waals surface area contributed by atoms with Gasteiger partial charge in [-0.25, -0.2) is 4.68 Å². The fourth-order valence-corrected chi connectivity index (χ4v) is 2.38. The Bertz CT molecular complexity index is 822. The SMILES string of the molecule is CCOCc1nc(-c2cnn(-c3ccc(C)cc3C)c2N)no1. The quantitative estimate of drug-likeness (QED) is 0.778. The predicted octanol–water partition coefficient (Wildman–Crippen LogP) is 2.66. The van der Waals surface area contributed by atoms with Crippen LogP contribution in [-0.4, -0.2) is 26.5 Å². The zero-order valence-electron chi connectivity index (χ0n) is 13.4. The molecule has 3 rings (SSSR count). The van der Waals surface area contributed by atoms with Crippen molar-refractivity contribution in [1.82, 2.24) is 19.9 Å². The molecule has 0 aliphatic rings. The summed E-state index contributed by atoms with van der Waals surface area (Å²) in [5, 5.41) is 8.31. The van der Waals surface area contributed by atoms with Gasteiger partial charge in [0, 0.05) is 6.61 Å². The molecule has 0 bridgehead atoms. The molecule has 0 unspecified atom stereocenters. The van der Waals surface area contributed by atoms with Gasteiger partial charge in [-0.1, -0.05) is 22.9 Å². The Hall–Kier alpha value is -2.67. The molecule has 0 atom stereocenters. The van der Waals surface area contributed by atoms with Gasteiger partial charge >= 0.3 is 0 Å². The lowest BCUT2D eigenvalue weighted by atomic mass is 10.1. The van der Waals surface area contributed by atoms with Crippen LogP contribution in [0.5, 0.6) is 0 Å². The first-order valence-electron chi connectivity index (χ1n) is 7.42. The maximum Gasteiger partial charge on any atom is 0.252 e. The molecule has 23 heavy (non-hydrogen) atoms. The number of nitrogens with two attached hydrogens (primary N) is 1. The van der Waals surface area contributed by atoms with E-state index in [1.807, 2.05) is 32.9 Å². The zero-order valence-corrected chi connectivity index (χ0v) is 13.4. The van der Waals surface area contributed by atoms with Crippen LogP contribution in [0, 0.1) is 13.8 Å². The third-order valence-corrected chi connectivity index (χ3v) is 3.53.